The van der Waals surface area contributed by atoms with Crippen molar-refractivity contribution in [3.63, 3.8) is 0 Å². The second-order valence-corrected chi connectivity index (χ2v) is 32.7. The lowest BCUT2D eigenvalue weighted by Gasteiger charge is -2.21. The number of esters is 4. The molecule has 0 saturated heterocycles. The number of carbonyl (C=O) groups excluding carboxylic acids is 4. The molecule has 0 aromatic heterocycles. The van der Waals surface area contributed by atoms with Crippen LogP contribution in [0.25, 0.3) is 0 Å². The standard InChI is InChI=1S/C80H156O17P2/c1-7-9-11-13-15-17-19-21-23-24-25-26-27-28-32-37-41-45-53-59-65-79(84)96-75(68-90-77(82)62-56-50-43-39-35-33-29-30-34-38-42-48-54-60-72(3)4)70-94-98(86,87)92-66-74(81)67-93-99(88,89)95-71-76(69-91-78(83)63-57-51-47-46-49-55-61-73(5)6)97-80(85)64-58-52-44-40-36-31-22-20-18-16-14-12-10-8-2/h72-76,81H,7-71H2,1-6H3,(H,86,87)(H,88,89)/t74-,75-,76-/m1/s1. The van der Waals surface area contributed by atoms with Gasteiger partial charge < -0.3 is 33.8 Å². The van der Waals surface area contributed by atoms with E-state index in [1.54, 1.807) is 0 Å². The minimum atomic E-state index is -4.96. The predicted octanol–water partition coefficient (Wildman–Crippen LogP) is 23.9. The fourth-order valence-corrected chi connectivity index (χ4v) is 13.9. The molecule has 0 aliphatic rings. The summed E-state index contributed by atoms with van der Waals surface area (Å²) in [6.07, 6.45) is 61.2. The van der Waals surface area contributed by atoms with Crippen LogP contribution in [-0.2, 0) is 65.4 Å². The number of hydrogen-bond acceptors (Lipinski definition) is 15. The second-order valence-electron chi connectivity index (χ2n) is 29.8. The van der Waals surface area contributed by atoms with E-state index in [1.165, 1.54) is 231 Å². The zero-order chi connectivity index (χ0) is 72.8. The number of phosphoric ester groups is 2. The first-order chi connectivity index (χ1) is 47.9. The van der Waals surface area contributed by atoms with Crippen LogP contribution < -0.4 is 0 Å². The number of aliphatic hydroxyl groups is 1. The average Bonchev–Trinajstić information content (AvgIpc) is 1.41. The Kier molecular flexibility index (Phi) is 70.3. The highest BCUT2D eigenvalue weighted by Gasteiger charge is 2.30. The summed E-state index contributed by atoms with van der Waals surface area (Å²) in [6.45, 7) is 9.57. The number of rotatable bonds is 79. The Labute approximate surface area is 607 Å². The number of phosphoric acid groups is 2. The van der Waals surface area contributed by atoms with Crippen LogP contribution in [0, 0.1) is 11.8 Å². The highest BCUT2D eigenvalue weighted by atomic mass is 31.2. The molecule has 588 valence electrons. The largest absolute Gasteiger partial charge is 0.472 e. The molecule has 2 unspecified atom stereocenters. The van der Waals surface area contributed by atoms with Crippen molar-refractivity contribution < 1.29 is 80.2 Å². The monoisotopic (exact) mass is 1450 g/mol. The van der Waals surface area contributed by atoms with Gasteiger partial charge in [0.1, 0.15) is 19.3 Å². The molecular weight excluding hydrogens is 1290 g/mol. The molecule has 17 nitrogen and oxygen atoms in total. The highest BCUT2D eigenvalue weighted by molar-refractivity contribution is 7.47. The van der Waals surface area contributed by atoms with Crippen molar-refractivity contribution in [3.05, 3.63) is 0 Å². The van der Waals surface area contributed by atoms with Gasteiger partial charge in [-0.15, -0.1) is 0 Å². The van der Waals surface area contributed by atoms with E-state index in [0.29, 0.717) is 31.6 Å². The molecular formula is C80H156O17P2. The summed E-state index contributed by atoms with van der Waals surface area (Å²) in [5, 5.41) is 10.6. The zero-order valence-electron chi connectivity index (χ0n) is 64.8. The van der Waals surface area contributed by atoms with Crippen molar-refractivity contribution in [1.82, 2.24) is 0 Å². The van der Waals surface area contributed by atoms with Crippen LogP contribution in [0.15, 0.2) is 0 Å². The number of aliphatic hydroxyl groups excluding tert-OH is 1. The number of hydrogen-bond donors (Lipinski definition) is 3. The van der Waals surface area contributed by atoms with E-state index < -0.39 is 97.5 Å². The van der Waals surface area contributed by atoms with Gasteiger partial charge in [-0.25, -0.2) is 9.13 Å². The summed E-state index contributed by atoms with van der Waals surface area (Å²) in [7, 11) is -9.92. The normalized spacial score (nSPS) is 13.9. The van der Waals surface area contributed by atoms with Gasteiger partial charge in [-0.2, -0.15) is 0 Å². The molecule has 5 atom stereocenters. The maximum atomic E-state index is 13.1. The van der Waals surface area contributed by atoms with Crippen LogP contribution in [0.2, 0.25) is 0 Å². The van der Waals surface area contributed by atoms with E-state index in [0.717, 1.165) is 102 Å². The minimum Gasteiger partial charge on any atom is -0.462 e. The van der Waals surface area contributed by atoms with Gasteiger partial charge in [0.2, 0.25) is 0 Å². The number of carbonyl (C=O) groups is 4. The van der Waals surface area contributed by atoms with Crippen LogP contribution >= 0.6 is 15.6 Å². The summed E-state index contributed by atoms with van der Waals surface area (Å²) >= 11 is 0. The van der Waals surface area contributed by atoms with Gasteiger partial charge in [-0.05, 0) is 37.5 Å². The Morgan fingerprint density at radius 1 is 0.273 bits per heavy atom. The quantitative estimate of drug-likeness (QED) is 0.0222. The smallest absolute Gasteiger partial charge is 0.462 e. The van der Waals surface area contributed by atoms with E-state index in [4.69, 9.17) is 37.0 Å². The molecule has 0 amide bonds. The third-order valence-corrected chi connectivity index (χ3v) is 20.6. The Hall–Kier alpha value is -1.94. The zero-order valence-corrected chi connectivity index (χ0v) is 66.6. The van der Waals surface area contributed by atoms with Crippen molar-refractivity contribution >= 4 is 39.5 Å². The van der Waals surface area contributed by atoms with Crippen LogP contribution in [0.5, 0.6) is 0 Å². The molecule has 0 radical (unpaired) electrons. The molecule has 0 fully saturated rings. The van der Waals surface area contributed by atoms with Crippen molar-refractivity contribution in [2.75, 3.05) is 39.6 Å². The van der Waals surface area contributed by atoms with Crippen molar-refractivity contribution in [2.24, 2.45) is 11.8 Å². The fraction of sp³-hybridized carbons (Fsp3) is 0.950. The summed E-state index contributed by atoms with van der Waals surface area (Å²) in [6, 6.07) is 0. The molecule has 99 heavy (non-hydrogen) atoms. The molecule has 0 bridgehead atoms. The van der Waals surface area contributed by atoms with Crippen LogP contribution in [0.1, 0.15) is 420 Å². The number of unbranched alkanes of at least 4 members (excludes halogenated alkanes) is 49. The molecule has 0 rings (SSSR count). The molecule has 3 N–H and O–H groups in total. The maximum absolute atomic E-state index is 13.1. The molecule has 0 heterocycles. The Bertz CT molecular complexity index is 1910. The summed E-state index contributed by atoms with van der Waals surface area (Å²) < 4.78 is 68.6. The Morgan fingerprint density at radius 3 is 0.687 bits per heavy atom. The first-order valence-corrected chi connectivity index (χ1v) is 44.5. The minimum absolute atomic E-state index is 0.107. The summed E-state index contributed by atoms with van der Waals surface area (Å²) in [5.41, 5.74) is 0. The van der Waals surface area contributed by atoms with E-state index in [2.05, 4.69) is 41.5 Å². The molecule has 0 saturated carbocycles. The van der Waals surface area contributed by atoms with E-state index >= 15 is 0 Å². The molecule has 0 aliphatic carbocycles. The summed E-state index contributed by atoms with van der Waals surface area (Å²) in [4.78, 5) is 72.9. The number of ether oxygens (including phenoxy) is 4. The highest BCUT2D eigenvalue weighted by Crippen LogP contribution is 2.45. The Balaban J connectivity index is 5.22. The van der Waals surface area contributed by atoms with E-state index in [9.17, 15) is 43.2 Å². The van der Waals surface area contributed by atoms with Gasteiger partial charge in [0, 0.05) is 25.7 Å². The van der Waals surface area contributed by atoms with Crippen LogP contribution in [-0.4, -0.2) is 96.7 Å². The first-order valence-electron chi connectivity index (χ1n) is 41.5. The van der Waals surface area contributed by atoms with Gasteiger partial charge >= 0.3 is 39.5 Å². The van der Waals surface area contributed by atoms with Gasteiger partial charge in [-0.1, -0.05) is 369 Å². The van der Waals surface area contributed by atoms with Crippen LogP contribution in [0.3, 0.4) is 0 Å². The summed E-state index contributed by atoms with van der Waals surface area (Å²) in [5.74, 6) is -0.641. The molecule has 0 spiro atoms. The van der Waals surface area contributed by atoms with Gasteiger partial charge in [0.15, 0.2) is 12.2 Å². The lowest BCUT2D eigenvalue weighted by Crippen LogP contribution is -2.30. The molecule has 19 heteroatoms. The Morgan fingerprint density at radius 2 is 0.465 bits per heavy atom. The van der Waals surface area contributed by atoms with Crippen molar-refractivity contribution in [1.29, 1.82) is 0 Å². The predicted molar refractivity (Wildman–Crippen MR) is 405 cm³/mol. The van der Waals surface area contributed by atoms with Gasteiger partial charge in [-0.3, -0.25) is 37.3 Å². The third kappa shape index (κ3) is 74.1. The topological polar surface area (TPSA) is 237 Å². The lowest BCUT2D eigenvalue weighted by atomic mass is 10.0. The van der Waals surface area contributed by atoms with Gasteiger partial charge in [0.05, 0.1) is 26.4 Å². The molecule has 0 aromatic rings. The van der Waals surface area contributed by atoms with E-state index in [1.807, 2.05) is 0 Å². The first kappa shape index (κ1) is 97.1. The van der Waals surface area contributed by atoms with E-state index in [-0.39, 0.29) is 25.7 Å². The van der Waals surface area contributed by atoms with Crippen molar-refractivity contribution in [3.8, 4) is 0 Å². The SMILES string of the molecule is CCCCCCCCCCCCCCCCCCCCCCC(=O)O[C@H](COC(=O)CCCCCCCCCCCCCCCC(C)C)COP(=O)(O)OC[C@@H](O)COP(=O)(O)OC[C@@H](COC(=O)CCCCCCCCC(C)C)OC(=O)CCCCCCCCCCCCCCCC. The fourth-order valence-electron chi connectivity index (χ4n) is 12.4. The second kappa shape index (κ2) is 71.7. The molecule has 0 aliphatic heterocycles. The molecule has 0 aromatic carbocycles. The van der Waals surface area contributed by atoms with Crippen LogP contribution in [0.4, 0.5) is 0 Å². The van der Waals surface area contributed by atoms with Gasteiger partial charge in [0.25, 0.3) is 0 Å². The third-order valence-electron chi connectivity index (χ3n) is 18.7. The lowest BCUT2D eigenvalue weighted by molar-refractivity contribution is -0.161. The average molecular weight is 1450 g/mol. The maximum Gasteiger partial charge on any atom is 0.472 e. The van der Waals surface area contributed by atoms with Crippen molar-refractivity contribution in [2.45, 2.75) is 439 Å².